The van der Waals surface area contributed by atoms with E-state index in [1.54, 1.807) is 0 Å². The Hall–Kier alpha value is -14.5. The summed E-state index contributed by atoms with van der Waals surface area (Å²) in [7, 11) is 0. The Labute approximate surface area is 648 Å². The summed E-state index contributed by atoms with van der Waals surface area (Å²) >= 11 is 0. The molecule has 3 heterocycles. The Bertz CT molecular complexity index is 7300. The van der Waals surface area contributed by atoms with E-state index in [9.17, 15) is 0 Å². The van der Waals surface area contributed by atoms with Crippen LogP contribution in [0.5, 0.6) is 0 Å². The summed E-state index contributed by atoms with van der Waals surface area (Å²) in [6.45, 7) is 4.70. The second-order valence-electron chi connectivity index (χ2n) is 30.2. The molecule has 5 heteroatoms. The molecule has 5 nitrogen and oxygen atoms in total. The first-order valence-corrected chi connectivity index (χ1v) is 38.6. The van der Waals surface area contributed by atoms with E-state index in [0.29, 0.717) is 0 Å². The molecular weight excluding hydrogens is 1360 g/mol. The molecule has 0 fully saturated rings. The maximum atomic E-state index is 7.02. The van der Waals surface area contributed by atoms with E-state index < -0.39 is 0 Å². The van der Waals surface area contributed by atoms with Crippen LogP contribution in [0.2, 0.25) is 0 Å². The number of benzene rings is 18. The van der Waals surface area contributed by atoms with Gasteiger partial charge in [-0.05, 0) is 215 Å². The molecule has 21 aromatic rings. The van der Waals surface area contributed by atoms with Crippen LogP contribution in [-0.2, 0) is 5.41 Å². The maximum absolute atomic E-state index is 7.02. The standard InChI is InChI=1S/C107H71N3O2/c1-107(2)93-37-11-5-27-83(93)84-63-54-73(66-94(84)107)68-47-56-76(57-48-68)108(95-38-12-8-30-87(95)89-35-21-45-102-105(89)91-32-10-18-44-101(91)111-102)77-58-49-71(50-59-77)81-34-20-25-75-65-72(53-62-82(75)81)74-55-64-92-104(67-74)112-103-46-22-36-90(106(92)103)88-31-9-13-39-96(88)109(78-60-51-70(52-61-78)80-33-19-24-69-23-3-4-26-79(69)80)99-42-16-17-43-100(99)110-97-40-14-6-28-85(97)86-29-7-15-41-98(86)110/h3-67H,1-2H3. The Kier molecular flexibility index (Phi) is 14.9. The van der Waals surface area contributed by atoms with E-state index in [-0.39, 0.29) is 5.41 Å². The number of aromatic nitrogens is 1. The van der Waals surface area contributed by atoms with Gasteiger partial charge in [-0.3, -0.25) is 0 Å². The summed E-state index contributed by atoms with van der Waals surface area (Å²) < 4.78 is 16.0. The topological polar surface area (TPSA) is 37.7 Å². The quantitative estimate of drug-likeness (QED) is 0.115. The number of anilines is 6. The third-order valence-electron chi connectivity index (χ3n) is 23.6. The van der Waals surface area contributed by atoms with E-state index >= 15 is 0 Å². The number of furan rings is 2. The van der Waals surface area contributed by atoms with Crippen LogP contribution in [0.1, 0.15) is 25.0 Å². The zero-order valence-electron chi connectivity index (χ0n) is 61.7. The molecule has 0 saturated carbocycles. The van der Waals surface area contributed by atoms with Crippen LogP contribution in [-0.4, -0.2) is 4.57 Å². The minimum absolute atomic E-state index is 0.0987. The molecule has 0 unspecified atom stereocenters. The van der Waals surface area contributed by atoms with Gasteiger partial charge < -0.3 is 23.2 Å². The lowest BCUT2D eigenvalue weighted by Gasteiger charge is -2.30. The lowest BCUT2D eigenvalue weighted by Crippen LogP contribution is -2.14. The molecular formula is C107H71N3O2. The van der Waals surface area contributed by atoms with Crippen LogP contribution in [0.15, 0.2) is 403 Å². The molecule has 112 heavy (non-hydrogen) atoms. The van der Waals surface area contributed by atoms with Crippen molar-refractivity contribution in [3.63, 3.8) is 0 Å². The van der Waals surface area contributed by atoms with E-state index in [4.69, 9.17) is 8.83 Å². The molecule has 0 saturated heterocycles. The molecule has 0 N–H and O–H groups in total. The molecule has 18 aromatic carbocycles. The first kappa shape index (κ1) is 64.6. The Morgan fingerprint density at radius 3 is 1.29 bits per heavy atom. The lowest BCUT2D eigenvalue weighted by atomic mass is 9.81. The third-order valence-corrected chi connectivity index (χ3v) is 23.6. The van der Waals surface area contributed by atoms with Gasteiger partial charge in [0.25, 0.3) is 0 Å². The van der Waals surface area contributed by atoms with Crippen molar-refractivity contribution in [3.05, 3.63) is 405 Å². The zero-order valence-corrected chi connectivity index (χ0v) is 61.7. The van der Waals surface area contributed by atoms with E-state index in [2.05, 4.69) is 416 Å². The molecule has 0 atom stereocenters. The molecule has 0 amide bonds. The molecule has 22 rings (SSSR count). The Balaban J connectivity index is 0.615. The van der Waals surface area contributed by atoms with Crippen LogP contribution in [0.4, 0.5) is 34.1 Å². The van der Waals surface area contributed by atoms with Gasteiger partial charge >= 0.3 is 0 Å². The zero-order chi connectivity index (χ0) is 74.1. The van der Waals surface area contributed by atoms with E-state index in [1.165, 1.54) is 71.4 Å². The monoisotopic (exact) mass is 1430 g/mol. The molecule has 0 radical (unpaired) electrons. The summed E-state index contributed by atoms with van der Waals surface area (Å²) in [5.41, 5.74) is 32.0. The second-order valence-corrected chi connectivity index (χ2v) is 30.2. The molecule has 0 aliphatic heterocycles. The number of fused-ring (bicyclic) bond motifs is 14. The fourth-order valence-corrected chi connectivity index (χ4v) is 18.3. The van der Waals surface area contributed by atoms with Gasteiger partial charge in [0.1, 0.15) is 22.3 Å². The summed E-state index contributed by atoms with van der Waals surface area (Å²) in [5, 5.41) is 11.5. The fourth-order valence-electron chi connectivity index (χ4n) is 18.3. The van der Waals surface area contributed by atoms with Crippen molar-refractivity contribution in [2.45, 2.75) is 19.3 Å². The summed E-state index contributed by atoms with van der Waals surface area (Å²) in [6, 6.07) is 144. The summed E-state index contributed by atoms with van der Waals surface area (Å²) in [5.74, 6) is 0. The third kappa shape index (κ3) is 10.4. The highest BCUT2D eigenvalue weighted by molar-refractivity contribution is 6.17. The highest BCUT2D eigenvalue weighted by Crippen LogP contribution is 2.53. The molecule has 3 aromatic heterocycles. The van der Waals surface area contributed by atoms with Crippen LogP contribution < -0.4 is 9.80 Å². The van der Waals surface area contributed by atoms with Crippen molar-refractivity contribution in [1.29, 1.82) is 0 Å². The highest BCUT2D eigenvalue weighted by atomic mass is 16.3. The first-order chi connectivity index (χ1) is 55.3. The molecule has 0 spiro atoms. The van der Waals surface area contributed by atoms with Gasteiger partial charge in [0, 0.05) is 65.9 Å². The van der Waals surface area contributed by atoms with Gasteiger partial charge in [0.2, 0.25) is 0 Å². The Morgan fingerprint density at radius 2 is 0.634 bits per heavy atom. The minimum atomic E-state index is -0.0987. The van der Waals surface area contributed by atoms with Gasteiger partial charge in [-0.2, -0.15) is 0 Å². The minimum Gasteiger partial charge on any atom is -0.456 e. The van der Waals surface area contributed by atoms with Crippen molar-refractivity contribution < 1.29 is 8.83 Å². The molecule has 1 aliphatic carbocycles. The SMILES string of the molecule is CC1(C)c2ccccc2-c2ccc(-c3ccc(N(c4ccc(-c5cccc6cc(-c7ccc8c(c7)oc7cccc(-c9ccccc9N(c9ccc(-c%10cccc%11ccccc%10%11)cc9)c9ccccc9-n9c%10ccccc%10c%10ccccc%109)c78)ccc56)cc4)c4ccccc4-c4cccc5oc6ccccc6c45)cc3)cc21. The van der Waals surface area contributed by atoms with Gasteiger partial charge in [-0.25, -0.2) is 0 Å². The highest BCUT2D eigenvalue weighted by Gasteiger charge is 2.36. The lowest BCUT2D eigenvalue weighted by molar-refractivity contribution is 0.660. The second kappa shape index (κ2) is 25.8. The van der Waals surface area contributed by atoms with Gasteiger partial charge in [0.15, 0.2) is 0 Å². The van der Waals surface area contributed by atoms with Crippen LogP contribution in [0, 0.1) is 0 Å². The predicted molar refractivity (Wildman–Crippen MR) is 470 cm³/mol. The molecule has 0 bridgehead atoms. The van der Waals surface area contributed by atoms with Crippen molar-refractivity contribution in [3.8, 4) is 83.6 Å². The maximum Gasteiger partial charge on any atom is 0.136 e. The summed E-state index contributed by atoms with van der Waals surface area (Å²) in [6.07, 6.45) is 0. The Morgan fingerprint density at radius 1 is 0.232 bits per heavy atom. The van der Waals surface area contributed by atoms with Crippen molar-refractivity contribution in [2.24, 2.45) is 0 Å². The normalized spacial score (nSPS) is 12.4. The number of hydrogen-bond donors (Lipinski definition) is 0. The molecule has 526 valence electrons. The van der Waals surface area contributed by atoms with Gasteiger partial charge in [-0.1, -0.05) is 293 Å². The van der Waals surface area contributed by atoms with Crippen molar-refractivity contribution in [1.82, 2.24) is 4.57 Å². The number of hydrogen-bond acceptors (Lipinski definition) is 4. The number of nitrogens with zero attached hydrogens (tertiary/aromatic N) is 3. The number of para-hydroxylation sites is 7. The van der Waals surface area contributed by atoms with E-state index in [1.807, 2.05) is 6.07 Å². The van der Waals surface area contributed by atoms with Gasteiger partial charge in [0.05, 0.1) is 33.8 Å². The first-order valence-electron chi connectivity index (χ1n) is 38.6. The van der Waals surface area contributed by atoms with E-state index in [0.717, 1.165) is 145 Å². The fraction of sp³-hybridized carbons (Fsp3) is 0.0280. The number of rotatable bonds is 13. The van der Waals surface area contributed by atoms with Crippen LogP contribution in [0.25, 0.3) is 171 Å². The average Bonchev–Trinajstić information content (AvgIpc) is 1.55. The van der Waals surface area contributed by atoms with Gasteiger partial charge in [-0.15, -0.1) is 0 Å². The average molecular weight is 1430 g/mol. The van der Waals surface area contributed by atoms with Crippen LogP contribution >= 0.6 is 0 Å². The predicted octanol–water partition coefficient (Wildman–Crippen LogP) is 30.1. The van der Waals surface area contributed by atoms with Crippen molar-refractivity contribution >= 4 is 121 Å². The van der Waals surface area contributed by atoms with Crippen molar-refractivity contribution in [2.75, 3.05) is 9.80 Å². The van der Waals surface area contributed by atoms with Crippen LogP contribution in [0.3, 0.4) is 0 Å². The molecule has 1 aliphatic rings. The summed E-state index contributed by atoms with van der Waals surface area (Å²) in [4.78, 5) is 4.87. The smallest absolute Gasteiger partial charge is 0.136 e. The largest absolute Gasteiger partial charge is 0.456 e.